The molecule has 4 heterocycles. The number of aryl methyl sites for hydroxylation is 1. The number of nitrogens with one attached hydrogen (secondary N) is 1. The van der Waals surface area contributed by atoms with E-state index in [0.717, 1.165) is 22.8 Å². The van der Waals surface area contributed by atoms with Crippen LogP contribution in [-0.4, -0.2) is 36.1 Å². The van der Waals surface area contributed by atoms with E-state index in [9.17, 15) is 14.0 Å². The molecule has 0 atom stereocenters. The van der Waals surface area contributed by atoms with Gasteiger partial charge in [0.15, 0.2) is 11.6 Å². The van der Waals surface area contributed by atoms with Crippen LogP contribution in [0.15, 0.2) is 16.9 Å². The zero-order chi connectivity index (χ0) is 21.0. The average Bonchev–Trinajstić information content (AvgIpc) is 3.10. The van der Waals surface area contributed by atoms with Crippen molar-refractivity contribution in [2.45, 2.75) is 26.5 Å². The Bertz CT molecular complexity index is 1280. The second-order valence-electron chi connectivity index (χ2n) is 7.52. The Morgan fingerprint density at radius 1 is 1.40 bits per heavy atom. The third-order valence-corrected chi connectivity index (χ3v) is 5.85. The quantitative estimate of drug-likeness (QED) is 0.522. The fraction of sp³-hybridized carbons (Fsp3) is 0.318. The second kappa shape index (κ2) is 6.91. The second-order valence-corrected chi connectivity index (χ2v) is 7.52. The lowest BCUT2D eigenvalue weighted by Crippen LogP contribution is -2.25. The number of fused-ring (bicyclic) bond motifs is 6. The molecule has 0 unspecified atom stereocenters. The number of halogens is 1. The molecule has 1 aromatic carbocycles. The Hall–Kier alpha value is -3.26. The Labute approximate surface area is 171 Å². The van der Waals surface area contributed by atoms with Crippen molar-refractivity contribution >= 4 is 22.9 Å². The van der Waals surface area contributed by atoms with Gasteiger partial charge in [0.25, 0.3) is 5.56 Å². The van der Waals surface area contributed by atoms with E-state index in [1.165, 1.54) is 13.2 Å². The Balaban J connectivity index is 1.79. The van der Waals surface area contributed by atoms with Gasteiger partial charge in [0.2, 0.25) is 0 Å². The minimum atomic E-state index is -0.468. The maximum absolute atomic E-state index is 14.6. The summed E-state index contributed by atoms with van der Waals surface area (Å²) in [6.45, 7) is 3.43. The van der Waals surface area contributed by atoms with E-state index in [4.69, 9.17) is 14.5 Å². The summed E-state index contributed by atoms with van der Waals surface area (Å²) >= 11 is 0. The smallest absolute Gasteiger partial charge is 0.257 e. The van der Waals surface area contributed by atoms with E-state index in [0.29, 0.717) is 53.4 Å². The molecule has 2 aromatic heterocycles. The summed E-state index contributed by atoms with van der Waals surface area (Å²) in [5.41, 5.74) is 5.13. The van der Waals surface area contributed by atoms with Crippen LogP contribution in [0.2, 0.25) is 0 Å². The molecule has 0 bridgehead atoms. The monoisotopic (exact) mass is 409 g/mol. The number of pyridine rings is 2. The molecule has 5 rings (SSSR count). The van der Waals surface area contributed by atoms with Crippen molar-refractivity contribution in [2.24, 2.45) is 0 Å². The fourth-order valence-electron chi connectivity index (χ4n) is 4.47. The van der Waals surface area contributed by atoms with Crippen LogP contribution in [0.3, 0.4) is 0 Å². The normalized spacial score (nSPS) is 14.0. The van der Waals surface area contributed by atoms with Gasteiger partial charge in [-0.05, 0) is 24.1 Å². The Morgan fingerprint density at radius 3 is 3.00 bits per heavy atom. The number of carbonyl (C=O) groups excluding carboxylic acids is 1. The van der Waals surface area contributed by atoms with Gasteiger partial charge in [-0.15, -0.1) is 0 Å². The fourth-order valence-corrected chi connectivity index (χ4v) is 4.47. The first-order valence-electron chi connectivity index (χ1n) is 9.76. The number of nitrogens with zero attached hydrogens (tertiary/aromatic N) is 2. The van der Waals surface area contributed by atoms with Crippen LogP contribution in [-0.2, 0) is 29.1 Å². The molecule has 0 fully saturated rings. The highest BCUT2D eigenvalue weighted by molar-refractivity contribution is 6.00. The summed E-state index contributed by atoms with van der Waals surface area (Å²) in [7, 11) is 1.52. The molecule has 154 valence electrons. The van der Waals surface area contributed by atoms with E-state index >= 15 is 0 Å². The molecular formula is C22H20FN3O4. The Kier molecular flexibility index (Phi) is 4.32. The first-order valence-corrected chi connectivity index (χ1v) is 9.76. The minimum absolute atomic E-state index is 0.118. The van der Waals surface area contributed by atoms with Crippen LogP contribution in [0.4, 0.5) is 10.1 Å². The molecule has 0 amide bonds. The van der Waals surface area contributed by atoms with Crippen molar-refractivity contribution in [2.75, 3.05) is 25.6 Å². The molecule has 0 radical (unpaired) electrons. The van der Waals surface area contributed by atoms with Crippen molar-refractivity contribution < 1.29 is 18.7 Å². The van der Waals surface area contributed by atoms with Crippen molar-refractivity contribution in [3.63, 3.8) is 0 Å². The van der Waals surface area contributed by atoms with Gasteiger partial charge in [-0.3, -0.25) is 4.79 Å². The summed E-state index contributed by atoms with van der Waals surface area (Å²) < 4.78 is 27.0. The van der Waals surface area contributed by atoms with Crippen LogP contribution < -0.4 is 15.6 Å². The number of methoxy groups -OCH3 is 1. The number of rotatable bonds is 4. The lowest BCUT2D eigenvalue weighted by molar-refractivity contribution is -0.107. The van der Waals surface area contributed by atoms with Gasteiger partial charge in [-0.1, -0.05) is 0 Å². The molecule has 1 N–H and O–H groups in total. The molecule has 2 aliphatic heterocycles. The highest BCUT2D eigenvalue weighted by Crippen LogP contribution is 2.43. The van der Waals surface area contributed by atoms with Gasteiger partial charge in [0.1, 0.15) is 12.9 Å². The van der Waals surface area contributed by atoms with Crippen LogP contribution >= 0.6 is 0 Å². The molecule has 8 heteroatoms. The maximum atomic E-state index is 14.6. The van der Waals surface area contributed by atoms with Crippen molar-refractivity contribution in [1.82, 2.24) is 9.55 Å². The molecule has 30 heavy (non-hydrogen) atoms. The van der Waals surface area contributed by atoms with E-state index in [2.05, 4.69) is 5.32 Å². The molecule has 3 aromatic rings. The van der Waals surface area contributed by atoms with Gasteiger partial charge in [-0.2, -0.15) is 0 Å². The zero-order valence-corrected chi connectivity index (χ0v) is 16.7. The summed E-state index contributed by atoms with van der Waals surface area (Å²) in [6.07, 6.45) is 0.889. The van der Waals surface area contributed by atoms with Crippen LogP contribution in [0, 0.1) is 12.7 Å². The predicted molar refractivity (Wildman–Crippen MR) is 110 cm³/mol. The summed E-state index contributed by atoms with van der Waals surface area (Å²) in [5, 5.41) is 4.04. The number of benzene rings is 1. The van der Waals surface area contributed by atoms with Gasteiger partial charge < -0.3 is 24.2 Å². The standard InChI is InChI=1S/C22H20FN3O4/c1-11-13-9-26-17(7-12(3-5-27)14(10-29-2)22(26)28)19(13)25-16-8-15(23)21-20(18(11)16)24-4-6-30-21/h5,7-8,24H,3-4,6,9-10H2,1-2H3. The maximum Gasteiger partial charge on any atom is 0.257 e. The van der Waals surface area contributed by atoms with Gasteiger partial charge in [-0.25, -0.2) is 9.37 Å². The van der Waals surface area contributed by atoms with Crippen molar-refractivity contribution in [1.29, 1.82) is 0 Å². The van der Waals surface area contributed by atoms with Crippen LogP contribution in [0.1, 0.15) is 22.3 Å². The van der Waals surface area contributed by atoms with Gasteiger partial charge in [0, 0.05) is 42.7 Å². The van der Waals surface area contributed by atoms with E-state index in [1.807, 2.05) is 13.0 Å². The van der Waals surface area contributed by atoms with Crippen LogP contribution in [0.25, 0.3) is 22.3 Å². The summed E-state index contributed by atoms with van der Waals surface area (Å²) in [4.78, 5) is 29.0. The van der Waals surface area contributed by atoms with Gasteiger partial charge in [0.05, 0.1) is 35.7 Å². The highest BCUT2D eigenvalue weighted by atomic mass is 19.1. The molecule has 0 spiro atoms. The van der Waals surface area contributed by atoms with E-state index in [1.54, 1.807) is 4.57 Å². The van der Waals surface area contributed by atoms with Crippen molar-refractivity contribution in [3.8, 4) is 17.1 Å². The van der Waals surface area contributed by atoms with Crippen molar-refractivity contribution in [3.05, 3.63) is 50.6 Å². The lowest BCUT2D eigenvalue weighted by Gasteiger charge is -2.22. The topological polar surface area (TPSA) is 82.5 Å². The minimum Gasteiger partial charge on any atom is -0.486 e. The molecule has 0 aliphatic carbocycles. The zero-order valence-electron chi connectivity index (χ0n) is 16.7. The number of anilines is 1. The number of aldehydes is 1. The average molecular weight is 409 g/mol. The molecule has 0 saturated carbocycles. The summed E-state index contributed by atoms with van der Waals surface area (Å²) in [6, 6.07) is 3.20. The molecule has 2 aliphatic rings. The number of ether oxygens (including phenoxy) is 2. The molecular weight excluding hydrogens is 389 g/mol. The summed E-state index contributed by atoms with van der Waals surface area (Å²) in [5.74, 6) is -0.258. The van der Waals surface area contributed by atoms with E-state index in [-0.39, 0.29) is 24.3 Å². The molecule has 0 saturated heterocycles. The third kappa shape index (κ3) is 2.56. The first kappa shape index (κ1) is 18.7. The predicted octanol–water partition coefficient (Wildman–Crippen LogP) is 2.56. The van der Waals surface area contributed by atoms with Crippen LogP contribution in [0.5, 0.6) is 5.75 Å². The SMILES string of the molecule is COCc1c(CC=O)cc2n(c1=O)Cc1c-2nc2cc(F)c3c(c2c1C)NCCO3. The largest absolute Gasteiger partial charge is 0.486 e. The van der Waals surface area contributed by atoms with Gasteiger partial charge >= 0.3 is 0 Å². The lowest BCUT2D eigenvalue weighted by atomic mass is 9.99. The third-order valence-electron chi connectivity index (χ3n) is 5.85. The highest BCUT2D eigenvalue weighted by Gasteiger charge is 2.29. The number of aromatic nitrogens is 2. The number of hydrogen-bond donors (Lipinski definition) is 1. The number of carbonyl (C=O) groups is 1. The Morgan fingerprint density at radius 2 is 2.23 bits per heavy atom. The van der Waals surface area contributed by atoms with E-state index < -0.39 is 5.82 Å². The number of hydrogen-bond acceptors (Lipinski definition) is 6. The molecule has 7 nitrogen and oxygen atoms in total. The first-order chi connectivity index (χ1) is 14.5.